The van der Waals surface area contributed by atoms with Gasteiger partial charge in [-0.05, 0) is 31.6 Å². The molecular weight excluding hydrogens is 244 g/mol. The molecule has 104 valence electrons. The van der Waals surface area contributed by atoms with Crippen LogP contribution < -0.4 is 0 Å². The van der Waals surface area contributed by atoms with Gasteiger partial charge in [-0.15, -0.1) is 0 Å². The molecule has 3 rings (SSSR count). The van der Waals surface area contributed by atoms with E-state index in [0.717, 1.165) is 6.42 Å². The monoisotopic (exact) mass is 264 g/mol. The molecule has 3 aliphatic rings. The Bertz CT molecular complexity index is 469. The van der Waals surface area contributed by atoms with Gasteiger partial charge in [0.2, 0.25) is 0 Å². The minimum atomic E-state index is -0.656. The molecule has 0 spiro atoms. The summed E-state index contributed by atoms with van der Waals surface area (Å²) in [5, 5.41) is 10.4. The van der Waals surface area contributed by atoms with Crippen molar-refractivity contribution >= 4 is 11.8 Å². The zero-order valence-corrected chi connectivity index (χ0v) is 11.4. The minimum absolute atomic E-state index is 0.163. The van der Waals surface area contributed by atoms with Gasteiger partial charge >= 0.3 is 5.97 Å². The summed E-state index contributed by atoms with van der Waals surface area (Å²) in [4.78, 5) is 24.2. The predicted molar refractivity (Wildman–Crippen MR) is 68.1 cm³/mol. The molecule has 4 nitrogen and oxygen atoms in total. The number of fused-ring (bicyclic) bond motifs is 3. The molecule has 6 atom stereocenters. The van der Waals surface area contributed by atoms with Crippen molar-refractivity contribution in [2.45, 2.75) is 45.3 Å². The van der Waals surface area contributed by atoms with Crippen LogP contribution in [0.2, 0.25) is 0 Å². The number of hydrogen-bond acceptors (Lipinski definition) is 4. The van der Waals surface area contributed by atoms with Crippen LogP contribution in [-0.4, -0.2) is 29.1 Å². The first-order valence-corrected chi connectivity index (χ1v) is 6.98. The number of carbonyl (C=O) groups is 2. The summed E-state index contributed by atoms with van der Waals surface area (Å²) in [5.74, 6) is -0.280. The second-order valence-corrected chi connectivity index (χ2v) is 6.51. The molecule has 1 heterocycles. The molecule has 2 aliphatic carbocycles. The molecule has 2 saturated carbocycles. The van der Waals surface area contributed by atoms with Gasteiger partial charge < -0.3 is 9.84 Å². The largest absolute Gasteiger partial charge is 0.457 e. The standard InChI is InChI=1S/C15H20O4/c1-7-6-10(16)12-8(2)14(18)19-13(12)15(3)9(7)4-5-11(15)17/h7,9-10,12-13,16H,2,4-6H2,1,3H3/t7-,9-,10-,12+,13+,15-/m0/s1. The zero-order chi connectivity index (χ0) is 13.9. The number of Topliss-reactive ketones (excluding diaryl/α,β-unsaturated/α-hetero) is 1. The average molecular weight is 264 g/mol. The Labute approximate surface area is 112 Å². The van der Waals surface area contributed by atoms with E-state index in [9.17, 15) is 14.7 Å². The molecule has 0 aromatic heterocycles. The number of carbonyl (C=O) groups excluding carboxylic acids is 2. The summed E-state index contributed by atoms with van der Waals surface area (Å²) < 4.78 is 5.44. The number of aliphatic hydroxyl groups is 1. The van der Waals surface area contributed by atoms with Gasteiger partial charge in [0, 0.05) is 12.0 Å². The van der Waals surface area contributed by atoms with Gasteiger partial charge in [-0.2, -0.15) is 0 Å². The number of esters is 1. The van der Waals surface area contributed by atoms with Crippen LogP contribution in [-0.2, 0) is 14.3 Å². The Morgan fingerprint density at radius 3 is 2.79 bits per heavy atom. The van der Waals surface area contributed by atoms with E-state index in [1.54, 1.807) is 0 Å². The molecule has 0 radical (unpaired) electrons. The van der Waals surface area contributed by atoms with E-state index >= 15 is 0 Å². The highest BCUT2D eigenvalue weighted by Crippen LogP contribution is 2.56. The number of hydrogen-bond donors (Lipinski definition) is 1. The van der Waals surface area contributed by atoms with Crippen molar-refractivity contribution in [2.24, 2.45) is 23.2 Å². The average Bonchev–Trinajstić information content (AvgIpc) is 2.78. The van der Waals surface area contributed by atoms with Gasteiger partial charge in [0.05, 0.1) is 17.4 Å². The maximum Gasteiger partial charge on any atom is 0.334 e. The lowest BCUT2D eigenvalue weighted by molar-refractivity contribution is -0.151. The SMILES string of the molecule is C=C1C(=O)O[C@@H]2[C@H]1[C@@H](O)C[C@H](C)[C@@H]1CCC(=O)[C@@]21C. The molecule has 4 heteroatoms. The molecule has 0 amide bonds. The van der Waals surface area contributed by atoms with Crippen molar-refractivity contribution < 1.29 is 19.4 Å². The Morgan fingerprint density at radius 1 is 1.42 bits per heavy atom. The fourth-order valence-corrected chi connectivity index (χ4v) is 4.51. The number of rotatable bonds is 0. The fraction of sp³-hybridized carbons (Fsp3) is 0.733. The molecule has 0 aromatic carbocycles. The third-order valence-electron chi connectivity index (χ3n) is 5.58. The van der Waals surface area contributed by atoms with Crippen LogP contribution in [0.1, 0.15) is 33.1 Å². The number of aliphatic hydroxyl groups excluding tert-OH is 1. The normalized spacial score (nSPS) is 49.6. The fourth-order valence-electron chi connectivity index (χ4n) is 4.51. The lowest BCUT2D eigenvalue weighted by Gasteiger charge is -2.36. The van der Waals surface area contributed by atoms with Crippen molar-refractivity contribution in [3.05, 3.63) is 12.2 Å². The highest BCUT2D eigenvalue weighted by molar-refractivity contribution is 5.94. The molecule has 0 unspecified atom stereocenters. The lowest BCUT2D eigenvalue weighted by atomic mass is 9.68. The van der Waals surface area contributed by atoms with E-state index in [4.69, 9.17) is 4.74 Å². The van der Waals surface area contributed by atoms with E-state index in [2.05, 4.69) is 13.5 Å². The first kappa shape index (κ1) is 12.9. The van der Waals surface area contributed by atoms with Crippen LogP contribution in [0, 0.1) is 23.2 Å². The molecule has 3 fully saturated rings. The van der Waals surface area contributed by atoms with E-state index < -0.39 is 29.5 Å². The lowest BCUT2D eigenvalue weighted by Crippen LogP contribution is -2.45. The molecule has 1 aliphatic heterocycles. The van der Waals surface area contributed by atoms with Gasteiger partial charge in [-0.3, -0.25) is 4.79 Å². The van der Waals surface area contributed by atoms with Gasteiger partial charge in [0.25, 0.3) is 0 Å². The van der Waals surface area contributed by atoms with Crippen LogP contribution in [0.4, 0.5) is 0 Å². The Hall–Kier alpha value is -1.16. The van der Waals surface area contributed by atoms with E-state index in [1.165, 1.54) is 0 Å². The van der Waals surface area contributed by atoms with Gasteiger partial charge in [0.15, 0.2) is 0 Å². The molecule has 1 saturated heterocycles. The van der Waals surface area contributed by atoms with Crippen molar-refractivity contribution in [3.8, 4) is 0 Å². The predicted octanol–water partition coefficient (Wildman–Crippen LogP) is 1.47. The van der Waals surface area contributed by atoms with Crippen LogP contribution in [0.25, 0.3) is 0 Å². The van der Waals surface area contributed by atoms with Gasteiger partial charge in [-0.25, -0.2) is 4.79 Å². The van der Waals surface area contributed by atoms with E-state index in [-0.39, 0.29) is 17.6 Å². The van der Waals surface area contributed by atoms with Crippen molar-refractivity contribution in [2.75, 3.05) is 0 Å². The molecule has 1 N–H and O–H groups in total. The Balaban J connectivity index is 2.11. The van der Waals surface area contributed by atoms with E-state index in [1.807, 2.05) is 6.92 Å². The van der Waals surface area contributed by atoms with E-state index in [0.29, 0.717) is 18.4 Å². The van der Waals surface area contributed by atoms with Crippen molar-refractivity contribution in [1.82, 2.24) is 0 Å². The van der Waals surface area contributed by atoms with Gasteiger partial charge in [0.1, 0.15) is 11.9 Å². The highest BCUT2D eigenvalue weighted by Gasteiger charge is 2.63. The molecular formula is C15H20O4. The quantitative estimate of drug-likeness (QED) is 0.531. The first-order chi connectivity index (χ1) is 8.87. The van der Waals surface area contributed by atoms with Crippen LogP contribution in [0.5, 0.6) is 0 Å². The highest BCUT2D eigenvalue weighted by atomic mass is 16.6. The van der Waals surface area contributed by atoms with Gasteiger partial charge in [-0.1, -0.05) is 13.5 Å². The van der Waals surface area contributed by atoms with Crippen LogP contribution in [0.3, 0.4) is 0 Å². The van der Waals surface area contributed by atoms with Crippen LogP contribution >= 0.6 is 0 Å². The van der Waals surface area contributed by atoms with Crippen molar-refractivity contribution in [1.29, 1.82) is 0 Å². The summed E-state index contributed by atoms with van der Waals surface area (Å²) in [6.45, 7) is 7.75. The topological polar surface area (TPSA) is 63.6 Å². The second-order valence-electron chi connectivity index (χ2n) is 6.51. The zero-order valence-electron chi connectivity index (χ0n) is 11.4. The summed E-state index contributed by atoms with van der Waals surface area (Å²) in [6, 6.07) is 0. The number of ether oxygens (including phenoxy) is 1. The summed E-state index contributed by atoms with van der Waals surface area (Å²) in [5.41, 5.74) is -0.331. The first-order valence-electron chi connectivity index (χ1n) is 6.98. The third kappa shape index (κ3) is 1.49. The molecule has 0 bridgehead atoms. The van der Waals surface area contributed by atoms with Crippen molar-refractivity contribution in [3.63, 3.8) is 0 Å². The summed E-state index contributed by atoms with van der Waals surface area (Å²) in [7, 11) is 0. The summed E-state index contributed by atoms with van der Waals surface area (Å²) in [6.07, 6.45) is 0.803. The maximum atomic E-state index is 12.4. The molecule has 0 aromatic rings. The molecule has 19 heavy (non-hydrogen) atoms. The smallest absolute Gasteiger partial charge is 0.334 e. The maximum absolute atomic E-state index is 12.4. The minimum Gasteiger partial charge on any atom is -0.457 e. The Kier molecular flexibility index (Phi) is 2.65. The second kappa shape index (κ2) is 3.92. The van der Waals surface area contributed by atoms with Crippen LogP contribution in [0.15, 0.2) is 12.2 Å². The number of ketones is 1. The summed E-state index contributed by atoms with van der Waals surface area (Å²) >= 11 is 0. The Morgan fingerprint density at radius 2 is 2.11 bits per heavy atom. The third-order valence-corrected chi connectivity index (χ3v) is 5.58.